The Balaban J connectivity index is 2.24. The van der Waals surface area contributed by atoms with E-state index in [1.54, 1.807) is 37.0 Å². The molecule has 2 rings (SSSR count). The Labute approximate surface area is 64.3 Å². The zero-order valence-corrected chi connectivity index (χ0v) is 5.81. The van der Waals surface area contributed by atoms with Crippen molar-refractivity contribution in [3.8, 4) is 0 Å². The summed E-state index contributed by atoms with van der Waals surface area (Å²) in [4.78, 5) is 4.03. The molecule has 2 heterocycles. The summed E-state index contributed by atoms with van der Waals surface area (Å²) < 4.78 is 10.3. The number of rotatable bonds is 0. The molecular formula is C8H7NO2. The predicted octanol–water partition coefficient (Wildman–Crippen LogP) is 1.35. The Morgan fingerprint density at radius 2 is 1.82 bits per heavy atom. The third kappa shape index (κ3) is 1.05. The average molecular weight is 149 g/mol. The van der Waals surface area contributed by atoms with E-state index < -0.39 is 5.91 Å². The summed E-state index contributed by atoms with van der Waals surface area (Å²) in [7, 11) is 0. The van der Waals surface area contributed by atoms with Gasteiger partial charge in [-0.15, -0.1) is 0 Å². The Hall–Kier alpha value is -1.51. The number of nitrogens with zero attached hydrogens (tertiary/aromatic N) is 1. The van der Waals surface area contributed by atoms with Crippen LogP contribution in [0.25, 0.3) is 0 Å². The van der Waals surface area contributed by atoms with Crippen molar-refractivity contribution in [2.24, 2.45) is 4.99 Å². The zero-order valence-electron chi connectivity index (χ0n) is 5.81. The second kappa shape index (κ2) is 2.27. The van der Waals surface area contributed by atoms with Crippen molar-refractivity contribution < 1.29 is 9.47 Å². The quantitative estimate of drug-likeness (QED) is 0.520. The highest BCUT2D eigenvalue weighted by Gasteiger charge is 2.29. The summed E-state index contributed by atoms with van der Waals surface area (Å²) in [5.74, 6) is -0.927. The number of ether oxygens (including phenoxy) is 2. The molecule has 0 amide bonds. The standard InChI is InChI=1S/C8H7NO2/c1-2-6-10-8(4-1)9-5-3-7-11-8/h1-7H. The van der Waals surface area contributed by atoms with Crippen LogP contribution in [0, 0.1) is 0 Å². The van der Waals surface area contributed by atoms with Gasteiger partial charge in [0.25, 0.3) is 0 Å². The number of hydrogen-bond acceptors (Lipinski definition) is 3. The van der Waals surface area contributed by atoms with Crippen LogP contribution in [0.2, 0.25) is 0 Å². The van der Waals surface area contributed by atoms with Gasteiger partial charge in [-0.05, 0) is 12.2 Å². The minimum absolute atomic E-state index is 0.927. The van der Waals surface area contributed by atoms with Gasteiger partial charge in [-0.3, -0.25) is 0 Å². The molecule has 1 spiro atoms. The first-order valence-corrected chi connectivity index (χ1v) is 3.32. The van der Waals surface area contributed by atoms with E-state index in [9.17, 15) is 0 Å². The van der Waals surface area contributed by atoms with E-state index in [0.29, 0.717) is 0 Å². The highest BCUT2D eigenvalue weighted by molar-refractivity contribution is 5.71. The smallest absolute Gasteiger partial charge is 0.377 e. The van der Waals surface area contributed by atoms with Crippen LogP contribution in [-0.2, 0) is 9.47 Å². The molecule has 0 saturated heterocycles. The van der Waals surface area contributed by atoms with Crippen molar-refractivity contribution in [3.05, 3.63) is 36.8 Å². The summed E-state index contributed by atoms with van der Waals surface area (Å²) in [5.41, 5.74) is 0. The maximum atomic E-state index is 5.17. The molecule has 0 bridgehead atoms. The van der Waals surface area contributed by atoms with Gasteiger partial charge in [0.05, 0.1) is 12.5 Å². The van der Waals surface area contributed by atoms with E-state index in [1.165, 1.54) is 0 Å². The van der Waals surface area contributed by atoms with Gasteiger partial charge in [0.1, 0.15) is 0 Å². The fraction of sp³-hybridized carbons (Fsp3) is 0.125. The molecule has 2 aliphatic heterocycles. The molecule has 3 nitrogen and oxygen atoms in total. The Kier molecular flexibility index (Phi) is 1.28. The molecule has 0 aliphatic carbocycles. The highest BCUT2D eigenvalue weighted by atomic mass is 16.7. The van der Waals surface area contributed by atoms with Crippen molar-refractivity contribution in [1.29, 1.82) is 0 Å². The van der Waals surface area contributed by atoms with Gasteiger partial charge in [0.15, 0.2) is 0 Å². The zero-order chi connectivity index (χ0) is 7.57. The van der Waals surface area contributed by atoms with Gasteiger partial charge in [-0.2, -0.15) is 0 Å². The van der Waals surface area contributed by atoms with Crippen LogP contribution >= 0.6 is 0 Å². The Morgan fingerprint density at radius 1 is 1.00 bits per heavy atom. The van der Waals surface area contributed by atoms with Gasteiger partial charge in [-0.25, -0.2) is 4.99 Å². The highest BCUT2D eigenvalue weighted by Crippen LogP contribution is 2.22. The topological polar surface area (TPSA) is 30.8 Å². The maximum absolute atomic E-state index is 5.17. The van der Waals surface area contributed by atoms with Crippen LogP contribution < -0.4 is 0 Å². The monoisotopic (exact) mass is 149 g/mol. The van der Waals surface area contributed by atoms with E-state index in [2.05, 4.69) is 4.99 Å². The molecule has 1 unspecified atom stereocenters. The number of allylic oxidation sites excluding steroid dienone is 3. The van der Waals surface area contributed by atoms with Crippen LogP contribution in [0.5, 0.6) is 0 Å². The van der Waals surface area contributed by atoms with Crippen molar-refractivity contribution in [1.82, 2.24) is 0 Å². The normalized spacial score (nSPS) is 32.0. The van der Waals surface area contributed by atoms with Crippen molar-refractivity contribution in [2.45, 2.75) is 5.91 Å². The van der Waals surface area contributed by atoms with Crippen LogP contribution in [0.4, 0.5) is 0 Å². The van der Waals surface area contributed by atoms with Gasteiger partial charge in [0, 0.05) is 12.3 Å². The molecule has 56 valence electrons. The number of aliphatic imine (C=N–C) groups is 1. The van der Waals surface area contributed by atoms with Crippen LogP contribution in [0.1, 0.15) is 0 Å². The third-order valence-corrected chi connectivity index (χ3v) is 1.39. The first-order valence-electron chi connectivity index (χ1n) is 3.32. The van der Waals surface area contributed by atoms with Crippen molar-refractivity contribution in [3.63, 3.8) is 0 Å². The van der Waals surface area contributed by atoms with Crippen LogP contribution in [0.3, 0.4) is 0 Å². The lowest BCUT2D eigenvalue weighted by Crippen LogP contribution is -2.30. The summed E-state index contributed by atoms with van der Waals surface area (Å²) in [6.07, 6.45) is 11.8. The molecule has 2 aliphatic rings. The largest absolute Gasteiger partial charge is 0.439 e. The van der Waals surface area contributed by atoms with Crippen LogP contribution in [-0.4, -0.2) is 12.1 Å². The van der Waals surface area contributed by atoms with E-state index in [0.717, 1.165) is 0 Å². The van der Waals surface area contributed by atoms with E-state index >= 15 is 0 Å². The maximum Gasteiger partial charge on any atom is 0.377 e. The summed E-state index contributed by atoms with van der Waals surface area (Å²) in [6, 6.07) is 0. The summed E-state index contributed by atoms with van der Waals surface area (Å²) in [5, 5.41) is 0. The lowest BCUT2D eigenvalue weighted by molar-refractivity contribution is -0.129. The van der Waals surface area contributed by atoms with Crippen LogP contribution in [0.15, 0.2) is 41.8 Å². The van der Waals surface area contributed by atoms with Gasteiger partial charge >= 0.3 is 5.91 Å². The number of hydrogen-bond donors (Lipinski definition) is 0. The summed E-state index contributed by atoms with van der Waals surface area (Å²) >= 11 is 0. The lowest BCUT2D eigenvalue weighted by atomic mass is 10.3. The Morgan fingerprint density at radius 3 is 2.36 bits per heavy atom. The first kappa shape index (κ1) is 6.22. The predicted molar refractivity (Wildman–Crippen MR) is 40.8 cm³/mol. The van der Waals surface area contributed by atoms with E-state index in [-0.39, 0.29) is 0 Å². The molecular weight excluding hydrogens is 142 g/mol. The molecule has 0 fully saturated rings. The second-order valence-corrected chi connectivity index (χ2v) is 2.16. The lowest BCUT2D eigenvalue weighted by Gasteiger charge is -2.26. The first-order chi connectivity index (χ1) is 5.41. The SMILES string of the molecule is C1=COC2(C=C1)N=CC=CO2. The van der Waals surface area contributed by atoms with Gasteiger partial charge in [0.2, 0.25) is 0 Å². The Bertz CT molecular complexity index is 235. The second-order valence-electron chi connectivity index (χ2n) is 2.16. The molecule has 0 saturated carbocycles. The summed E-state index contributed by atoms with van der Waals surface area (Å²) in [6.45, 7) is 0. The average Bonchev–Trinajstić information content (AvgIpc) is 2.07. The minimum atomic E-state index is -0.927. The molecule has 0 radical (unpaired) electrons. The molecule has 0 N–H and O–H groups in total. The van der Waals surface area contributed by atoms with E-state index in [4.69, 9.17) is 9.47 Å². The molecule has 11 heavy (non-hydrogen) atoms. The fourth-order valence-corrected chi connectivity index (χ4v) is 0.888. The third-order valence-electron chi connectivity index (χ3n) is 1.39. The molecule has 1 atom stereocenters. The molecule has 0 aromatic rings. The minimum Gasteiger partial charge on any atom is -0.439 e. The molecule has 3 heteroatoms. The molecule has 0 aromatic carbocycles. The van der Waals surface area contributed by atoms with Gasteiger partial charge < -0.3 is 9.47 Å². The van der Waals surface area contributed by atoms with Crippen molar-refractivity contribution >= 4 is 6.21 Å². The van der Waals surface area contributed by atoms with E-state index in [1.807, 2.05) is 6.08 Å². The fourth-order valence-electron chi connectivity index (χ4n) is 0.888. The molecule has 0 aromatic heterocycles. The van der Waals surface area contributed by atoms with Crippen molar-refractivity contribution in [2.75, 3.05) is 0 Å². The van der Waals surface area contributed by atoms with Gasteiger partial charge in [-0.1, -0.05) is 6.08 Å².